The number of halogens is 4. The van der Waals surface area contributed by atoms with Gasteiger partial charge >= 0.3 is 6.18 Å². The lowest BCUT2D eigenvalue weighted by molar-refractivity contribution is -0.137. The van der Waals surface area contributed by atoms with Gasteiger partial charge in [0, 0.05) is 11.8 Å². The van der Waals surface area contributed by atoms with Crippen LogP contribution in [0, 0.1) is 5.95 Å². The van der Waals surface area contributed by atoms with Crippen LogP contribution in [0.2, 0.25) is 0 Å². The number of hydrogen-bond acceptors (Lipinski definition) is 2. The van der Waals surface area contributed by atoms with Crippen molar-refractivity contribution in [1.29, 1.82) is 0 Å². The van der Waals surface area contributed by atoms with Crippen molar-refractivity contribution in [2.75, 3.05) is 0 Å². The predicted octanol–water partition coefficient (Wildman–Crippen LogP) is 3.72. The summed E-state index contributed by atoms with van der Waals surface area (Å²) < 4.78 is 50.2. The fourth-order valence-corrected chi connectivity index (χ4v) is 1.56. The van der Waals surface area contributed by atoms with Gasteiger partial charge in [-0.15, -0.1) is 0 Å². The summed E-state index contributed by atoms with van der Waals surface area (Å²) >= 11 is 0. The van der Waals surface area contributed by atoms with Gasteiger partial charge in [-0.3, -0.25) is 4.79 Å². The Kier molecular flexibility index (Phi) is 3.33. The number of carbonyl (C=O) groups excluding carboxylic acids is 1. The molecule has 0 saturated carbocycles. The molecule has 19 heavy (non-hydrogen) atoms. The molecule has 0 unspecified atom stereocenters. The van der Waals surface area contributed by atoms with Gasteiger partial charge in [0.05, 0.1) is 11.1 Å². The van der Waals surface area contributed by atoms with Crippen molar-refractivity contribution in [3.63, 3.8) is 0 Å². The molecule has 1 aromatic heterocycles. The van der Waals surface area contributed by atoms with Crippen LogP contribution in [-0.2, 0) is 6.18 Å². The highest BCUT2D eigenvalue weighted by Crippen LogP contribution is 2.31. The molecular formula is C13H7F4NO. The topological polar surface area (TPSA) is 30.0 Å². The smallest absolute Gasteiger partial charge is 0.298 e. The van der Waals surface area contributed by atoms with Crippen LogP contribution in [0.5, 0.6) is 0 Å². The summed E-state index contributed by atoms with van der Waals surface area (Å²) in [5.41, 5.74) is -0.222. The third-order valence-corrected chi connectivity index (χ3v) is 2.54. The zero-order valence-corrected chi connectivity index (χ0v) is 9.41. The Bertz CT molecular complexity index is 605. The van der Waals surface area contributed by atoms with Crippen molar-refractivity contribution in [2.45, 2.75) is 6.18 Å². The number of aldehydes is 1. The SMILES string of the molecule is O=Cc1cc(-c2ccc(C(F)(F)F)cc2)cnc1F. The summed E-state index contributed by atoms with van der Waals surface area (Å²) in [6.45, 7) is 0. The number of carbonyl (C=O) groups is 1. The number of rotatable bonds is 2. The van der Waals surface area contributed by atoms with E-state index in [9.17, 15) is 22.4 Å². The summed E-state index contributed by atoms with van der Waals surface area (Å²) in [7, 11) is 0. The molecule has 0 atom stereocenters. The second-order valence-electron chi connectivity index (χ2n) is 3.80. The minimum absolute atomic E-state index is 0.239. The molecule has 98 valence electrons. The van der Waals surface area contributed by atoms with Crippen molar-refractivity contribution < 1.29 is 22.4 Å². The van der Waals surface area contributed by atoms with Gasteiger partial charge in [0.2, 0.25) is 5.95 Å². The molecule has 1 heterocycles. The second-order valence-corrected chi connectivity index (χ2v) is 3.80. The number of pyridine rings is 1. The molecule has 0 radical (unpaired) electrons. The number of hydrogen-bond donors (Lipinski definition) is 0. The molecule has 1 aromatic carbocycles. The van der Waals surface area contributed by atoms with Gasteiger partial charge in [-0.1, -0.05) is 12.1 Å². The van der Waals surface area contributed by atoms with Gasteiger partial charge in [-0.05, 0) is 23.8 Å². The Labute approximate surface area is 105 Å². The van der Waals surface area contributed by atoms with Crippen molar-refractivity contribution in [1.82, 2.24) is 4.98 Å². The van der Waals surface area contributed by atoms with Crippen molar-refractivity contribution >= 4 is 6.29 Å². The van der Waals surface area contributed by atoms with Gasteiger partial charge < -0.3 is 0 Å². The highest BCUT2D eigenvalue weighted by atomic mass is 19.4. The van der Waals surface area contributed by atoms with E-state index in [1.165, 1.54) is 18.2 Å². The molecule has 0 aliphatic rings. The molecule has 0 saturated heterocycles. The van der Waals surface area contributed by atoms with Gasteiger partial charge in [0.25, 0.3) is 0 Å². The lowest BCUT2D eigenvalue weighted by atomic mass is 10.0. The highest BCUT2D eigenvalue weighted by Gasteiger charge is 2.29. The van der Waals surface area contributed by atoms with Crippen LogP contribution in [-0.4, -0.2) is 11.3 Å². The van der Waals surface area contributed by atoms with E-state index in [1.807, 2.05) is 0 Å². The Balaban J connectivity index is 2.40. The van der Waals surface area contributed by atoms with Gasteiger partial charge in [0.1, 0.15) is 0 Å². The van der Waals surface area contributed by atoms with E-state index in [0.29, 0.717) is 17.4 Å². The Morgan fingerprint density at radius 3 is 2.21 bits per heavy atom. The van der Waals surface area contributed by atoms with E-state index in [1.54, 1.807) is 0 Å². The summed E-state index contributed by atoms with van der Waals surface area (Å²) in [4.78, 5) is 13.9. The van der Waals surface area contributed by atoms with Gasteiger partial charge in [0.15, 0.2) is 6.29 Å². The normalized spacial score (nSPS) is 11.4. The lowest BCUT2D eigenvalue weighted by Gasteiger charge is -2.08. The van der Waals surface area contributed by atoms with Crippen LogP contribution in [0.3, 0.4) is 0 Å². The summed E-state index contributed by atoms with van der Waals surface area (Å²) in [6, 6.07) is 5.55. The molecule has 2 aromatic rings. The van der Waals surface area contributed by atoms with Crippen LogP contribution < -0.4 is 0 Å². The van der Waals surface area contributed by atoms with Crippen LogP contribution in [0.1, 0.15) is 15.9 Å². The second kappa shape index (κ2) is 4.79. The lowest BCUT2D eigenvalue weighted by Crippen LogP contribution is -2.04. The Morgan fingerprint density at radius 2 is 1.68 bits per heavy atom. The molecule has 0 N–H and O–H groups in total. The first-order valence-corrected chi connectivity index (χ1v) is 5.20. The third-order valence-electron chi connectivity index (χ3n) is 2.54. The fourth-order valence-electron chi connectivity index (χ4n) is 1.56. The van der Waals surface area contributed by atoms with E-state index >= 15 is 0 Å². The summed E-state index contributed by atoms with van der Waals surface area (Å²) in [5, 5.41) is 0. The molecule has 0 aliphatic carbocycles. The molecule has 2 nitrogen and oxygen atoms in total. The third kappa shape index (κ3) is 2.78. The minimum atomic E-state index is -4.41. The molecular weight excluding hydrogens is 262 g/mol. The number of nitrogens with zero attached hydrogens (tertiary/aromatic N) is 1. The van der Waals surface area contributed by atoms with Crippen LogP contribution >= 0.6 is 0 Å². The number of benzene rings is 1. The average Bonchev–Trinajstić information content (AvgIpc) is 2.38. The standard InChI is InChI=1S/C13H7F4NO/c14-12-10(7-19)5-9(6-18-12)8-1-3-11(4-2-8)13(15,16)17/h1-7H. The Morgan fingerprint density at radius 1 is 1.05 bits per heavy atom. The highest BCUT2D eigenvalue weighted by molar-refractivity contribution is 5.78. The number of aromatic nitrogens is 1. The first-order valence-electron chi connectivity index (χ1n) is 5.20. The molecule has 0 spiro atoms. The average molecular weight is 269 g/mol. The van der Waals surface area contributed by atoms with Crippen LogP contribution in [0.15, 0.2) is 36.5 Å². The maximum Gasteiger partial charge on any atom is 0.416 e. The van der Waals surface area contributed by atoms with E-state index in [2.05, 4.69) is 4.98 Å². The molecule has 6 heteroatoms. The predicted molar refractivity (Wildman–Crippen MR) is 60.0 cm³/mol. The number of alkyl halides is 3. The minimum Gasteiger partial charge on any atom is -0.298 e. The van der Waals surface area contributed by atoms with Crippen LogP contribution in [0.25, 0.3) is 11.1 Å². The molecule has 0 aliphatic heterocycles. The maximum atomic E-state index is 13.0. The molecule has 0 amide bonds. The van der Waals surface area contributed by atoms with Crippen molar-refractivity contribution in [3.8, 4) is 11.1 Å². The van der Waals surface area contributed by atoms with E-state index in [4.69, 9.17) is 0 Å². The zero-order chi connectivity index (χ0) is 14.0. The van der Waals surface area contributed by atoms with Gasteiger partial charge in [-0.25, -0.2) is 4.98 Å². The largest absolute Gasteiger partial charge is 0.416 e. The van der Waals surface area contributed by atoms with Crippen molar-refractivity contribution in [3.05, 3.63) is 53.6 Å². The zero-order valence-electron chi connectivity index (χ0n) is 9.41. The monoisotopic (exact) mass is 269 g/mol. The molecule has 0 fully saturated rings. The van der Waals surface area contributed by atoms with Crippen molar-refractivity contribution in [2.24, 2.45) is 0 Å². The van der Waals surface area contributed by atoms with Crippen LogP contribution in [0.4, 0.5) is 17.6 Å². The van der Waals surface area contributed by atoms with E-state index in [-0.39, 0.29) is 5.56 Å². The molecule has 0 bridgehead atoms. The summed E-state index contributed by atoms with van der Waals surface area (Å²) in [6.07, 6.45) is -2.95. The quantitative estimate of drug-likeness (QED) is 0.472. The van der Waals surface area contributed by atoms with Gasteiger partial charge in [-0.2, -0.15) is 17.6 Å². The molecule has 2 rings (SSSR count). The van der Waals surface area contributed by atoms with E-state index in [0.717, 1.165) is 18.3 Å². The van der Waals surface area contributed by atoms with E-state index < -0.39 is 17.7 Å². The Hall–Kier alpha value is -2.24. The maximum absolute atomic E-state index is 13.0. The fraction of sp³-hybridized carbons (Fsp3) is 0.0769. The summed E-state index contributed by atoms with van der Waals surface area (Å²) in [5.74, 6) is -0.911. The first kappa shape index (κ1) is 13.2. The first-order chi connectivity index (χ1) is 8.91.